The van der Waals surface area contributed by atoms with E-state index in [-0.39, 0.29) is 29.8 Å². The van der Waals surface area contributed by atoms with Crippen LogP contribution in [0.4, 0.5) is 11.4 Å². The van der Waals surface area contributed by atoms with E-state index in [4.69, 9.17) is 0 Å². The first-order chi connectivity index (χ1) is 12.0. The fraction of sp³-hybridized carbons (Fsp3) is 0.278. The number of benzene rings is 2. The standard InChI is InChI=1S/C18H21N3O3S.ClH/c22-18(13-19-12-14-10-11-14)20-16-8-4-5-9-17(16)21-25(23,24)15-6-2-1-3-7-15;/h1-9,14,19,21H,10-13H2,(H,20,22);1H. The van der Waals surface area contributed by atoms with Crippen molar-refractivity contribution in [3.05, 3.63) is 54.6 Å². The van der Waals surface area contributed by atoms with Gasteiger partial charge in [0, 0.05) is 0 Å². The summed E-state index contributed by atoms with van der Waals surface area (Å²) in [6.45, 7) is 1.05. The zero-order chi connectivity index (χ0) is 17.7. The van der Waals surface area contributed by atoms with E-state index in [1.165, 1.54) is 25.0 Å². The summed E-state index contributed by atoms with van der Waals surface area (Å²) in [6.07, 6.45) is 2.44. The van der Waals surface area contributed by atoms with Crippen LogP contribution < -0.4 is 15.4 Å². The van der Waals surface area contributed by atoms with Gasteiger partial charge in [-0.25, -0.2) is 8.42 Å². The van der Waals surface area contributed by atoms with Gasteiger partial charge in [0.25, 0.3) is 10.0 Å². The Morgan fingerprint density at radius 3 is 2.23 bits per heavy atom. The van der Waals surface area contributed by atoms with Crippen molar-refractivity contribution >= 4 is 39.7 Å². The van der Waals surface area contributed by atoms with Crippen molar-refractivity contribution < 1.29 is 13.2 Å². The summed E-state index contributed by atoms with van der Waals surface area (Å²) in [5.41, 5.74) is 0.766. The molecule has 8 heteroatoms. The molecule has 26 heavy (non-hydrogen) atoms. The van der Waals surface area contributed by atoms with E-state index in [2.05, 4.69) is 15.4 Å². The lowest BCUT2D eigenvalue weighted by Crippen LogP contribution is -2.29. The van der Waals surface area contributed by atoms with E-state index in [1.54, 1.807) is 42.5 Å². The molecule has 2 aromatic rings. The average Bonchev–Trinajstić information content (AvgIpc) is 3.42. The second kappa shape index (κ2) is 9.02. The second-order valence-corrected chi connectivity index (χ2v) is 7.77. The number of carbonyl (C=O) groups is 1. The molecule has 0 unspecified atom stereocenters. The lowest BCUT2D eigenvalue weighted by Gasteiger charge is -2.13. The number of hydrogen-bond acceptors (Lipinski definition) is 4. The molecule has 0 radical (unpaired) electrons. The van der Waals surface area contributed by atoms with E-state index in [0.29, 0.717) is 17.3 Å². The minimum atomic E-state index is -3.71. The Hall–Kier alpha value is -2.09. The summed E-state index contributed by atoms with van der Waals surface area (Å²) in [7, 11) is -3.71. The molecular formula is C18H22ClN3O3S. The van der Waals surface area contributed by atoms with Crippen molar-refractivity contribution in [1.29, 1.82) is 0 Å². The smallest absolute Gasteiger partial charge is 0.261 e. The van der Waals surface area contributed by atoms with E-state index >= 15 is 0 Å². The number of anilines is 2. The van der Waals surface area contributed by atoms with Gasteiger partial charge in [-0.2, -0.15) is 0 Å². The number of hydrogen-bond donors (Lipinski definition) is 3. The van der Waals surface area contributed by atoms with Gasteiger partial charge in [0.2, 0.25) is 5.91 Å². The number of rotatable bonds is 8. The number of amides is 1. The normalized spacial score (nSPS) is 13.5. The Balaban J connectivity index is 0.00000243. The summed E-state index contributed by atoms with van der Waals surface area (Å²) in [6, 6.07) is 14.9. The molecule has 0 aromatic heterocycles. The monoisotopic (exact) mass is 395 g/mol. The predicted octanol–water partition coefficient (Wildman–Crippen LogP) is 2.85. The van der Waals surface area contributed by atoms with Crippen LogP contribution in [0, 0.1) is 5.92 Å². The number of nitrogens with one attached hydrogen (secondary N) is 3. The molecule has 0 bridgehead atoms. The van der Waals surface area contributed by atoms with Crippen LogP contribution in [0.3, 0.4) is 0 Å². The molecule has 0 spiro atoms. The summed E-state index contributed by atoms with van der Waals surface area (Å²) in [4.78, 5) is 12.2. The first-order valence-corrected chi connectivity index (χ1v) is 9.70. The van der Waals surface area contributed by atoms with Gasteiger partial charge in [-0.15, -0.1) is 12.4 Å². The van der Waals surface area contributed by atoms with Crippen molar-refractivity contribution in [3.8, 4) is 0 Å². The SMILES string of the molecule is Cl.O=C(CNCC1CC1)Nc1ccccc1NS(=O)(=O)c1ccccc1. The van der Waals surface area contributed by atoms with Gasteiger partial charge in [0.15, 0.2) is 0 Å². The maximum Gasteiger partial charge on any atom is 0.261 e. The maximum atomic E-state index is 12.5. The number of sulfonamides is 1. The molecule has 140 valence electrons. The largest absolute Gasteiger partial charge is 0.323 e. The van der Waals surface area contributed by atoms with E-state index in [9.17, 15) is 13.2 Å². The van der Waals surface area contributed by atoms with Crippen molar-refractivity contribution in [2.24, 2.45) is 5.92 Å². The van der Waals surface area contributed by atoms with Crippen LogP contribution in [-0.4, -0.2) is 27.4 Å². The van der Waals surface area contributed by atoms with E-state index in [0.717, 1.165) is 6.54 Å². The molecule has 3 N–H and O–H groups in total. The van der Waals surface area contributed by atoms with Gasteiger partial charge in [-0.3, -0.25) is 9.52 Å². The Morgan fingerprint density at radius 2 is 1.58 bits per heavy atom. The maximum absolute atomic E-state index is 12.5. The fourth-order valence-electron chi connectivity index (χ4n) is 2.39. The molecule has 1 saturated carbocycles. The number of halogens is 1. The number of carbonyl (C=O) groups excluding carboxylic acids is 1. The van der Waals surface area contributed by atoms with Crippen molar-refractivity contribution in [2.75, 3.05) is 23.1 Å². The summed E-state index contributed by atoms with van der Waals surface area (Å²) < 4.78 is 27.4. The fourth-order valence-corrected chi connectivity index (χ4v) is 3.49. The van der Waals surface area contributed by atoms with Crippen LogP contribution in [0.5, 0.6) is 0 Å². The van der Waals surface area contributed by atoms with Crippen LogP contribution in [0.1, 0.15) is 12.8 Å². The highest BCUT2D eigenvalue weighted by molar-refractivity contribution is 7.92. The topological polar surface area (TPSA) is 87.3 Å². The highest BCUT2D eigenvalue weighted by atomic mass is 35.5. The van der Waals surface area contributed by atoms with Gasteiger partial charge in [-0.05, 0) is 49.6 Å². The summed E-state index contributed by atoms with van der Waals surface area (Å²) >= 11 is 0. The van der Waals surface area contributed by atoms with E-state index < -0.39 is 10.0 Å². The van der Waals surface area contributed by atoms with Crippen LogP contribution in [0.2, 0.25) is 0 Å². The summed E-state index contributed by atoms with van der Waals surface area (Å²) in [5.74, 6) is 0.491. The Kier molecular flexibility index (Phi) is 7.02. The molecule has 3 rings (SSSR count). The molecule has 6 nitrogen and oxygen atoms in total. The van der Waals surface area contributed by atoms with Crippen LogP contribution in [0.25, 0.3) is 0 Å². The third kappa shape index (κ3) is 5.72. The summed E-state index contributed by atoms with van der Waals surface area (Å²) in [5, 5.41) is 5.86. The quantitative estimate of drug-likeness (QED) is 0.641. The Morgan fingerprint density at radius 1 is 0.962 bits per heavy atom. The highest BCUT2D eigenvalue weighted by Gasteiger charge is 2.21. The molecule has 0 saturated heterocycles. The lowest BCUT2D eigenvalue weighted by molar-refractivity contribution is -0.115. The molecule has 0 heterocycles. The van der Waals surface area contributed by atoms with Gasteiger partial charge < -0.3 is 10.6 Å². The van der Waals surface area contributed by atoms with Gasteiger partial charge >= 0.3 is 0 Å². The lowest BCUT2D eigenvalue weighted by atomic mass is 10.2. The third-order valence-corrected chi connectivity index (χ3v) is 5.30. The van der Waals surface area contributed by atoms with Gasteiger partial charge in [-0.1, -0.05) is 30.3 Å². The van der Waals surface area contributed by atoms with Gasteiger partial charge in [0.05, 0.1) is 22.8 Å². The third-order valence-electron chi connectivity index (χ3n) is 3.91. The molecule has 1 amide bonds. The molecule has 1 aliphatic carbocycles. The molecule has 0 aliphatic heterocycles. The Labute approximate surface area is 159 Å². The average molecular weight is 396 g/mol. The second-order valence-electron chi connectivity index (χ2n) is 6.09. The van der Waals surface area contributed by atoms with E-state index in [1.807, 2.05) is 0 Å². The minimum Gasteiger partial charge on any atom is -0.323 e. The van der Waals surface area contributed by atoms with Crippen LogP contribution >= 0.6 is 12.4 Å². The van der Waals surface area contributed by atoms with Crippen molar-refractivity contribution in [1.82, 2.24) is 5.32 Å². The van der Waals surface area contributed by atoms with Crippen LogP contribution in [-0.2, 0) is 14.8 Å². The minimum absolute atomic E-state index is 0. The van der Waals surface area contributed by atoms with Crippen molar-refractivity contribution in [2.45, 2.75) is 17.7 Å². The first-order valence-electron chi connectivity index (χ1n) is 8.22. The number of para-hydroxylation sites is 2. The first kappa shape index (κ1) is 20.2. The van der Waals surface area contributed by atoms with Gasteiger partial charge in [0.1, 0.15) is 0 Å². The molecule has 0 atom stereocenters. The highest BCUT2D eigenvalue weighted by Crippen LogP contribution is 2.27. The molecular weight excluding hydrogens is 374 g/mol. The molecule has 2 aromatic carbocycles. The predicted molar refractivity (Wildman–Crippen MR) is 105 cm³/mol. The Bertz CT molecular complexity index is 840. The zero-order valence-electron chi connectivity index (χ0n) is 14.1. The molecule has 1 fully saturated rings. The van der Waals surface area contributed by atoms with Crippen LogP contribution in [0.15, 0.2) is 59.5 Å². The molecule has 1 aliphatic rings. The van der Waals surface area contributed by atoms with Crippen molar-refractivity contribution in [3.63, 3.8) is 0 Å². The zero-order valence-corrected chi connectivity index (χ0v) is 15.8.